The van der Waals surface area contributed by atoms with Gasteiger partial charge in [-0.25, -0.2) is 4.79 Å². The number of thioether (sulfide) groups is 1. The van der Waals surface area contributed by atoms with Gasteiger partial charge in [-0.3, -0.25) is 14.9 Å². The van der Waals surface area contributed by atoms with Crippen molar-refractivity contribution in [2.75, 3.05) is 18.0 Å². The summed E-state index contributed by atoms with van der Waals surface area (Å²) in [6.07, 6.45) is 0.153. The summed E-state index contributed by atoms with van der Waals surface area (Å²) in [5, 5.41) is 15.3. The summed E-state index contributed by atoms with van der Waals surface area (Å²) in [5.41, 5.74) is 0.601. The Morgan fingerprint density at radius 3 is 2.72 bits per heavy atom. The SMILES string of the molecule is CC(C)(C)OC(=O)N[C@H]1CN(c2c(Cl)cccc2/C=C2\SC(=O)NC2=O)C[C@@H]1O. The molecule has 8 nitrogen and oxygen atoms in total. The fraction of sp³-hybridized carbons (Fsp3) is 0.421. The monoisotopic (exact) mass is 439 g/mol. The van der Waals surface area contributed by atoms with Crippen LogP contribution in [0.15, 0.2) is 23.1 Å². The van der Waals surface area contributed by atoms with Gasteiger partial charge in [0.1, 0.15) is 5.60 Å². The topological polar surface area (TPSA) is 108 Å². The molecule has 3 rings (SSSR count). The summed E-state index contributed by atoms with van der Waals surface area (Å²) in [6.45, 7) is 5.82. The van der Waals surface area contributed by atoms with Crippen LogP contribution in [0.5, 0.6) is 0 Å². The molecule has 2 aliphatic heterocycles. The number of rotatable bonds is 3. The van der Waals surface area contributed by atoms with Crippen molar-refractivity contribution in [3.8, 4) is 0 Å². The van der Waals surface area contributed by atoms with E-state index in [1.165, 1.54) is 0 Å². The van der Waals surface area contributed by atoms with Crippen LogP contribution in [0.3, 0.4) is 0 Å². The lowest BCUT2D eigenvalue weighted by atomic mass is 10.1. The second-order valence-electron chi connectivity index (χ2n) is 7.75. The standard InChI is InChI=1S/C19H22ClN3O5S/c1-19(2,3)28-17(26)21-12-8-23(9-13(12)24)15-10(5-4-6-11(15)20)7-14-16(25)22-18(27)29-14/h4-7,12-13,24H,8-9H2,1-3H3,(H,21,26)(H,22,25,27)/b14-7-/t12-,13-/m0/s1. The summed E-state index contributed by atoms with van der Waals surface area (Å²) in [5.74, 6) is -0.461. The van der Waals surface area contributed by atoms with Crippen LogP contribution >= 0.6 is 23.4 Å². The van der Waals surface area contributed by atoms with Crippen molar-refractivity contribution in [2.24, 2.45) is 0 Å². The fourth-order valence-electron chi connectivity index (χ4n) is 3.11. The predicted molar refractivity (Wildman–Crippen MR) is 112 cm³/mol. The zero-order chi connectivity index (χ0) is 21.3. The molecule has 0 aliphatic carbocycles. The van der Waals surface area contributed by atoms with Crippen LogP contribution < -0.4 is 15.5 Å². The van der Waals surface area contributed by atoms with E-state index in [9.17, 15) is 19.5 Å². The fourth-order valence-corrected chi connectivity index (χ4v) is 4.09. The number of halogens is 1. The summed E-state index contributed by atoms with van der Waals surface area (Å²) < 4.78 is 5.25. The van der Waals surface area contributed by atoms with Gasteiger partial charge in [0.15, 0.2) is 0 Å². The first-order chi connectivity index (χ1) is 13.5. The Bertz CT molecular complexity index is 883. The van der Waals surface area contributed by atoms with Gasteiger partial charge in [-0.1, -0.05) is 23.7 Å². The van der Waals surface area contributed by atoms with Crippen LogP contribution in [-0.4, -0.2) is 53.2 Å². The van der Waals surface area contributed by atoms with Crippen molar-refractivity contribution in [3.05, 3.63) is 33.7 Å². The van der Waals surface area contributed by atoms with E-state index in [1.807, 2.05) is 4.90 Å². The van der Waals surface area contributed by atoms with E-state index in [1.54, 1.807) is 45.0 Å². The van der Waals surface area contributed by atoms with Crippen LogP contribution in [0.25, 0.3) is 6.08 Å². The van der Waals surface area contributed by atoms with Crippen LogP contribution in [0, 0.1) is 0 Å². The highest BCUT2D eigenvalue weighted by Gasteiger charge is 2.35. The highest BCUT2D eigenvalue weighted by Crippen LogP contribution is 2.36. The molecule has 2 heterocycles. The van der Waals surface area contributed by atoms with E-state index in [4.69, 9.17) is 16.3 Å². The average molecular weight is 440 g/mol. The molecule has 29 heavy (non-hydrogen) atoms. The van der Waals surface area contributed by atoms with Gasteiger partial charge < -0.3 is 20.1 Å². The number of aliphatic hydroxyl groups is 1. The highest BCUT2D eigenvalue weighted by molar-refractivity contribution is 8.18. The number of benzene rings is 1. The second kappa shape index (κ2) is 8.25. The van der Waals surface area contributed by atoms with Crippen LogP contribution in [0.1, 0.15) is 26.3 Å². The smallest absolute Gasteiger partial charge is 0.408 e. The van der Waals surface area contributed by atoms with Crippen molar-refractivity contribution in [3.63, 3.8) is 0 Å². The number of nitrogens with one attached hydrogen (secondary N) is 2. The molecule has 1 aromatic carbocycles. The van der Waals surface area contributed by atoms with Gasteiger partial charge in [-0.15, -0.1) is 0 Å². The number of amides is 3. The number of aliphatic hydroxyl groups excluding tert-OH is 1. The Labute approximate surface area is 177 Å². The van der Waals surface area contributed by atoms with Crippen molar-refractivity contribution in [1.29, 1.82) is 0 Å². The third-order valence-electron chi connectivity index (χ3n) is 4.25. The lowest BCUT2D eigenvalue weighted by Crippen LogP contribution is -2.45. The first-order valence-corrected chi connectivity index (χ1v) is 10.2. The zero-order valence-electron chi connectivity index (χ0n) is 16.2. The van der Waals surface area contributed by atoms with Gasteiger partial charge >= 0.3 is 6.09 Å². The molecule has 0 unspecified atom stereocenters. The quantitative estimate of drug-likeness (QED) is 0.621. The van der Waals surface area contributed by atoms with Gasteiger partial charge in [0, 0.05) is 18.7 Å². The highest BCUT2D eigenvalue weighted by atomic mass is 35.5. The van der Waals surface area contributed by atoms with E-state index in [0.29, 0.717) is 22.8 Å². The Morgan fingerprint density at radius 1 is 1.38 bits per heavy atom. The molecule has 0 saturated carbocycles. The number of anilines is 1. The third-order valence-corrected chi connectivity index (χ3v) is 5.37. The molecule has 0 aromatic heterocycles. The molecule has 156 valence electrons. The van der Waals surface area contributed by atoms with Gasteiger partial charge in [0.05, 0.1) is 27.8 Å². The van der Waals surface area contributed by atoms with Crippen molar-refractivity contribution in [2.45, 2.75) is 38.5 Å². The van der Waals surface area contributed by atoms with Gasteiger partial charge in [-0.2, -0.15) is 0 Å². The van der Waals surface area contributed by atoms with E-state index in [2.05, 4.69) is 10.6 Å². The number of β-amino-alcohol motifs (C(OH)–C–C–N with tert-alkyl or cyclic N) is 1. The molecular weight excluding hydrogens is 418 g/mol. The molecule has 2 saturated heterocycles. The molecule has 2 atom stereocenters. The Kier molecular flexibility index (Phi) is 6.11. The van der Waals surface area contributed by atoms with Crippen molar-refractivity contribution < 1.29 is 24.2 Å². The van der Waals surface area contributed by atoms with Crippen LogP contribution in [0.4, 0.5) is 15.3 Å². The number of para-hydroxylation sites is 1. The molecule has 0 bridgehead atoms. The van der Waals surface area contributed by atoms with E-state index < -0.39 is 35.0 Å². The summed E-state index contributed by atoms with van der Waals surface area (Å²) in [4.78, 5) is 37.5. The lowest BCUT2D eigenvalue weighted by molar-refractivity contribution is -0.115. The maximum atomic E-state index is 12.1. The minimum atomic E-state index is -0.829. The molecule has 3 N–H and O–H groups in total. The molecule has 0 radical (unpaired) electrons. The van der Waals surface area contributed by atoms with E-state index in [0.717, 1.165) is 11.8 Å². The summed E-state index contributed by atoms with van der Waals surface area (Å²) in [7, 11) is 0. The number of carbonyl (C=O) groups is 3. The van der Waals surface area contributed by atoms with E-state index in [-0.39, 0.29) is 11.4 Å². The number of alkyl carbamates (subject to hydrolysis) is 1. The number of carbonyl (C=O) groups excluding carboxylic acids is 3. The largest absolute Gasteiger partial charge is 0.444 e. The predicted octanol–water partition coefficient (Wildman–Crippen LogP) is 2.74. The molecule has 3 amide bonds. The van der Waals surface area contributed by atoms with E-state index >= 15 is 0 Å². The van der Waals surface area contributed by atoms with Crippen molar-refractivity contribution in [1.82, 2.24) is 10.6 Å². The van der Waals surface area contributed by atoms with Crippen LogP contribution in [0.2, 0.25) is 5.02 Å². The molecular formula is C19H22ClN3O5S. The number of imide groups is 1. The molecule has 2 aliphatic rings. The molecule has 0 spiro atoms. The van der Waals surface area contributed by atoms with Crippen LogP contribution in [-0.2, 0) is 9.53 Å². The number of ether oxygens (including phenoxy) is 1. The Balaban J connectivity index is 1.81. The summed E-state index contributed by atoms with van der Waals surface area (Å²) in [6, 6.07) is 4.66. The van der Waals surface area contributed by atoms with Gasteiger partial charge in [0.2, 0.25) is 0 Å². The molecule has 10 heteroatoms. The van der Waals surface area contributed by atoms with Crippen molar-refractivity contribution >= 4 is 52.4 Å². The first-order valence-electron chi connectivity index (χ1n) is 8.99. The maximum absolute atomic E-state index is 12.1. The Hall–Kier alpha value is -2.23. The molecule has 2 fully saturated rings. The molecule has 1 aromatic rings. The lowest BCUT2D eigenvalue weighted by Gasteiger charge is -2.24. The minimum absolute atomic E-state index is 0.235. The number of nitrogens with zero attached hydrogens (tertiary/aromatic N) is 1. The zero-order valence-corrected chi connectivity index (χ0v) is 17.8. The van der Waals surface area contributed by atoms with Gasteiger partial charge in [0.25, 0.3) is 11.1 Å². The number of hydrogen-bond donors (Lipinski definition) is 3. The van der Waals surface area contributed by atoms with Gasteiger partial charge in [-0.05, 0) is 44.7 Å². The minimum Gasteiger partial charge on any atom is -0.444 e. The maximum Gasteiger partial charge on any atom is 0.408 e. The normalized spacial score (nSPS) is 23.5. The first kappa shape index (κ1) is 21.5. The third kappa shape index (κ3) is 5.23. The average Bonchev–Trinajstić information content (AvgIpc) is 3.07. The Morgan fingerprint density at radius 2 is 2.10 bits per heavy atom. The number of hydrogen-bond acceptors (Lipinski definition) is 7. The summed E-state index contributed by atoms with van der Waals surface area (Å²) >= 11 is 7.23. The second-order valence-corrected chi connectivity index (χ2v) is 9.18.